The Balaban J connectivity index is 1.67. The van der Waals surface area contributed by atoms with Gasteiger partial charge in [0.2, 0.25) is 5.91 Å². The maximum Gasteiger partial charge on any atom is 0.323 e. The third-order valence-electron chi connectivity index (χ3n) is 4.62. The van der Waals surface area contributed by atoms with E-state index in [9.17, 15) is 9.59 Å². The summed E-state index contributed by atoms with van der Waals surface area (Å²) in [5.74, 6) is 0.909. The van der Waals surface area contributed by atoms with Gasteiger partial charge >= 0.3 is 6.03 Å². The number of unbranched alkanes of at least 4 members (excludes halogenated alkanes) is 1. The second-order valence-electron chi connectivity index (χ2n) is 6.55. The standard InChI is InChI=1S/C21H25N3O3/c1-3-4-13-24-19-11-8-17(14-15(19)5-12-20(24)25)23-21(26)22-16-6-9-18(27-2)10-7-16/h6-11,14H,3-5,12-13H2,1-2H3,(H2,22,23,26). The van der Waals surface area contributed by atoms with Crippen LogP contribution in [0.15, 0.2) is 42.5 Å². The lowest BCUT2D eigenvalue weighted by Gasteiger charge is -2.29. The van der Waals surface area contributed by atoms with Gasteiger partial charge in [0.1, 0.15) is 5.75 Å². The first-order chi connectivity index (χ1) is 13.1. The van der Waals surface area contributed by atoms with E-state index in [2.05, 4.69) is 17.6 Å². The summed E-state index contributed by atoms with van der Waals surface area (Å²) in [7, 11) is 1.60. The van der Waals surface area contributed by atoms with Crippen LogP contribution in [0.4, 0.5) is 21.9 Å². The molecule has 1 heterocycles. The van der Waals surface area contributed by atoms with Gasteiger partial charge in [-0.2, -0.15) is 0 Å². The number of carbonyl (C=O) groups is 2. The third-order valence-corrected chi connectivity index (χ3v) is 4.62. The SMILES string of the molecule is CCCCN1C(=O)CCc2cc(NC(=O)Nc3ccc(OC)cc3)ccc21. The van der Waals surface area contributed by atoms with Crippen molar-refractivity contribution in [3.05, 3.63) is 48.0 Å². The largest absolute Gasteiger partial charge is 0.497 e. The Morgan fingerprint density at radius 2 is 1.78 bits per heavy atom. The number of ether oxygens (including phenoxy) is 1. The zero-order valence-corrected chi connectivity index (χ0v) is 15.7. The first-order valence-electron chi connectivity index (χ1n) is 9.26. The van der Waals surface area contributed by atoms with Crippen molar-refractivity contribution in [2.45, 2.75) is 32.6 Å². The molecule has 2 N–H and O–H groups in total. The van der Waals surface area contributed by atoms with Gasteiger partial charge in [-0.1, -0.05) is 13.3 Å². The molecule has 0 aliphatic carbocycles. The number of urea groups is 1. The van der Waals surface area contributed by atoms with Crippen molar-refractivity contribution < 1.29 is 14.3 Å². The van der Waals surface area contributed by atoms with Gasteiger partial charge in [0.25, 0.3) is 0 Å². The van der Waals surface area contributed by atoms with E-state index in [0.29, 0.717) is 24.2 Å². The molecule has 142 valence electrons. The van der Waals surface area contributed by atoms with E-state index < -0.39 is 0 Å². The molecule has 6 nitrogen and oxygen atoms in total. The monoisotopic (exact) mass is 367 g/mol. The van der Waals surface area contributed by atoms with Gasteiger partial charge in [-0.3, -0.25) is 4.79 Å². The van der Waals surface area contributed by atoms with E-state index in [1.165, 1.54) is 0 Å². The van der Waals surface area contributed by atoms with Crippen LogP contribution in [-0.2, 0) is 11.2 Å². The fourth-order valence-corrected chi connectivity index (χ4v) is 3.17. The molecule has 1 aliphatic heterocycles. The topological polar surface area (TPSA) is 70.7 Å². The highest BCUT2D eigenvalue weighted by Gasteiger charge is 2.23. The van der Waals surface area contributed by atoms with E-state index >= 15 is 0 Å². The third kappa shape index (κ3) is 4.58. The lowest BCUT2D eigenvalue weighted by molar-refractivity contribution is -0.118. The molecule has 2 aromatic rings. The molecule has 0 radical (unpaired) electrons. The number of benzene rings is 2. The zero-order valence-electron chi connectivity index (χ0n) is 15.7. The number of anilines is 3. The predicted octanol–water partition coefficient (Wildman–Crippen LogP) is 4.42. The summed E-state index contributed by atoms with van der Waals surface area (Å²) in [6.07, 6.45) is 3.24. The number of aryl methyl sites for hydroxylation is 1. The summed E-state index contributed by atoms with van der Waals surface area (Å²) in [4.78, 5) is 26.3. The molecule has 0 fully saturated rings. The van der Waals surface area contributed by atoms with E-state index in [0.717, 1.165) is 36.4 Å². The summed E-state index contributed by atoms with van der Waals surface area (Å²) in [5, 5.41) is 5.65. The lowest BCUT2D eigenvalue weighted by Crippen LogP contribution is -2.35. The minimum absolute atomic E-state index is 0.175. The summed E-state index contributed by atoms with van der Waals surface area (Å²) < 4.78 is 5.11. The normalized spacial score (nSPS) is 13.1. The van der Waals surface area contributed by atoms with E-state index in [4.69, 9.17) is 4.74 Å². The van der Waals surface area contributed by atoms with Crippen LogP contribution in [-0.4, -0.2) is 25.6 Å². The van der Waals surface area contributed by atoms with Crippen LogP contribution < -0.4 is 20.3 Å². The van der Waals surface area contributed by atoms with Crippen molar-refractivity contribution in [1.82, 2.24) is 0 Å². The molecule has 27 heavy (non-hydrogen) atoms. The molecule has 0 aromatic heterocycles. The van der Waals surface area contributed by atoms with E-state index in [1.54, 1.807) is 31.4 Å². The molecule has 0 saturated heterocycles. The average Bonchev–Trinajstić information content (AvgIpc) is 2.68. The van der Waals surface area contributed by atoms with Crippen LogP contribution in [0.2, 0.25) is 0 Å². The Labute approximate surface area is 159 Å². The fourth-order valence-electron chi connectivity index (χ4n) is 3.17. The Hall–Kier alpha value is -3.02. The lowest BCUT2D eigenvalue weighted by atomic mass is 10.00. The summed E-state index contributed by atoms with van der Waals surface area (Å²) in [6, 6.07) is 12.5. The summed E-state index contributed by atoms with van der Waals surface area (Å²) >= 11 is 0. The van der Waals surface area contributed by atoms with Gasteiger partial charge < -0.3 is 20.3 Å². The number of hydrogen-bond acceptors (Lipinski definition) is 3. The highest BCUT2D eigenvalue weighted by atomic mass is 16.5. The first-order valence-corrected chi connectivity index (χ1v) is 9.26. The van der Waals surface area contributed by atoms with Crippen molar-refractivity contribution in [2.24, 2.45) is 0 Å². The molecule has 0 unspecified atom stereocenters. The Morgan fingerprint density at radius 3 is 2.48 bits per heavy atom. The van der Waals surface area contributed by atoms with Crippen LogP contribution in [0, 0.1) is 0 Å². The molecule has 3 amide bonds. The Morgan fingerprint density at radius 1 is 1.07 bits per heavy atom. The number of nitrogens with zero attached hydrogens (tertiary/aromatic N) is 1. The average molecular weight is 367 g/mol. The first kappa shape index (κ1) is 18.8. The number of rotatable bonds is 6. The minimum Gasteiger partial charge on any atom is -0.497 e. The molecular formula is C21H25N3O3. The number of carbonyl (C=O) groups excluding carboxylic acids is 2. The molecule has 1 aliphatic rings. The van der Waals surface area contributed by atoms with E-state index in [-0.39, 0.29) is 11.9 Å². The second-order valence-corrected chi connectivity index (χ2v) is 6.55. The molecule has 2 aromatic carbocycles. The molecule has 0 bridgehead atoms. The van der Waals surface area contributed by atoms with Gasteiger partial charge in [0.05, 0.1) is 7.11 Å². The number of amides is 3. The predicted molar refractivity (Wildman–Crippen MR) is 108 cm³/mol. The molecule has 6 heteroatoms. The van der Waals surface area contributed by atoms with Crippen LogP contribution in [0.1, 0.15) is 31.7 Å². The zero-order chi connectivity index (χ0) is 19.2. The number of fused-ring (bicyclic) bond motifs is 1. The van der Waals surface area contributed by atoms with Gasteiger partial charge in [0, 0.05) is 30.0 Å². The van der Waals surface area contributed by atoms with Crippen LogP contribution in [0.3, 0.4) is 0 Å². The van der Waals surface area contributed by atoms with Crippen molar-refractivity contribution in [3.63, 3.8) is 0 Å². The summed E-state index contributed by atoms with van der Waals surface area (Å²) in [5.41, 5.74) is 3.45. The van der Waals surface area contributed by atoms with Gasteiger partial charge in [-0.25, -0.2) is 4.79 Å². The number of hydrogen-bond donors (Lipinski definition) is 2. The van der Waals surface area contributed by atoms with Gasteiger partial charge in [-0.05, 0) is 60.9 Å². The smallest absolute Gasteiger partial charge is 0.323 e. The highest BCUT2D eigenvalue weighted by molar-refractivity contribution is 6.01. The molecule has 3 rings (SSSR count). The number of methoxy groups -OCH3 is 1. The Kier molecular flexibility index (Phi) is 5.96. The van der Waals surface area contributed by atoms with Crippen molar-refractivity contribution in [3.8, 4) is 5.75 Å². The van der Waals surface area contributed by atoms with Crippen LogP contribution >= 0.6 is 0 Å². The minimum atomic E-state index is -0.310. The highest BCUT2D eigenvalue weighted by Crippen LogP contribution is 2.30. The maximum absolute atomic E-state index is 12.2. The van der Waals surface area contributed by atoms with Gasteiger partial charge in [-0.15, -0.1) is 0 Å². The van der Waals surface area contributed by atoms with Crippen LogP contribution in [0.25, 0.3) is 0 Å². The van der Waals surface area contributed by atoms with Crippen molar-refractivity contribution in [1.29, 1.82) is 0 Å². The quantitative estimate of drug-likeness (QED) is 0.794. The summed E-state index contributed by atoms with van der Waals surface area (Å²) in [6.45, 7) is 2.86. The van der Waals surface area contributed by atoms with Crippen LogP contribution in [0.5, 0.6) is 5.75 Å². The number of nitrogens with one attached hydrogen (secondary N) is 2. The van der Waals surface area contributed by atoms with Gasteiger partial charge in [0.15, 0.2) is 0 Å². The molecule has 0 atom stereocenters. The van der Waals surface area contributed by atoms with Crippen molar-refractivity contribution >= 4 is 29.0 Å². The molecule has 0 saturated carbocycles. The van der Waals surface area contributed by atoms with E-state index in [1.807, 2.05) is 23.1 Å². The van der Waals surface area contributed by atoms with Crippen molar-refractivity contribution in [2.75, 3.05) is 29.2 Å². The second kappa shape index (κ2) is 8.58. The fraction of sp³-hybridized carbons (Fsp3) is 0.333. The maximum atomic E-state index is 12.2. The molecular weight excluding hydrogens is 342 g/mol. The molecule has 0 spiro atoms. The Bertz CT molecular complexity index is 818.